The molecule has 0 atom stereocenters. The van der Waals surface area contributed by atoms with Gasteiger partial charge in [0.25, 0.3) is 0 Å². The lowest BCUT2D eigenvalue weighted by Gasteiger charge is -2.10. The second-order valence-corrected chi connectivity index (χ2v) is 4.92. The molecule has 0 unspecified atom stereocenters. The number of hydrogen-bond acceptors (Lipinski definition) is 1. The van der Waals surface area contributed by atoms with E-state index in [9.17, 15) is 8.78 Å². The van der Waals surface area contributed by atoms with Crippen molar-refractivity contribution in [2.45, 2.75) is 13.5 Å². The van der Waals surface area contributed by atoms with Crippen molar-refractivity contribution in [3.63, 3.8) is 0 Å². The van der Waals surface area contributed by atoms with Gasteiger partial charge in [0, 0.05) is 12.2 Å². The summed E-state index contributed by atoms with van der Waals surface area (Å²) in [6.07, 6.45) is 0. The van der Waals surface area contributed by atoms with Crippen molar-refractivity contribution >= 4 is 21.6 Å². The summed E-state index contributed by atoms with van der Waals surface area (Å²) in [5.74, 6) is -0.544. The quantitative estimate of drug-likeness (QED) is 0.870. The van der Waals surface area contributed by atoms with Crippen LogP contribution in [0.25, 0.3) is 0 Å². The largest absolute Gasteiger partial charge is 0.381 e. The van der Waals surface area contributed by atoms with E-state index in [-0.39, 0.29) is 11.6 Å². The fourth-order valence-electron chi connectivity index (χ4n) is 1.67. The van der Waals surface area contributed by atoms with Crippen LogP contribution >= 0.6 is 15.9 Å². The van der Waals surface area contributed by atoms with E-state index in [1.807, 2.05) is 13.0 Å². The summed E-state index contributed by atoms with van der Waals surface area (Å²) in [5, 5.41) is 3.15. The molecule has 0 spiro atoms. The molecule has 0 aliphatic heterocycles. The minimum Gasteiger partial charge on any atom is -0.381 e. The average Bonchev–Trinajstić information content (AvgIpc) is 2.32. The normalized spacial score (nSPS) is 10.4. The van der Waals surface area contributed by atoms with E-state index < -0.39 is 0 Å². The van der Waals surface area contributed by atoms with E-state index >= 15 is 0 Å². The average molecular weight is 312 g/mol. The van der Waals surface area contributed by atoms with Gasteiger partial charge in [0.1, 0.15) is 11.6 Å². The molecule has 0 aliphatic carbocycles. The van der Waals surface area contributed by atoms with Crippen LogP contribution in [0.4, 0.5) is 14.5 Å². The molecule has 1 N–H and O–H groups in total. The van der Waals surface area contributed by atoms with Gasteiger partial charge in [-0.3, -0.25) is 0 Å². The Kier molecular flexibility index (Phi) is 3.97. The second-order valence-electron chi connectivity index (χ2n) is 4.06. The monoisotopic (exact) mass is 311 g/mol. The maximum Gasteiger partial charge on any atom is 0.137 e. The molecule has 0 radical (unpaired) electrons. The molecule has 2 rings (SSSR count). The topological polar surface area (TPSA) is 12.0 Å². The number of nitrogens with one attached hydrogen (secondary N) is 1. The van der Waals surface area contributed by atoms with Gasteiger partial charge in [0.15, 0.2) is 0 Å². The molecule has 2 aromatic carbocycles. The molecule has 0 heterocycles. The van der Waals surface area contributed by atoms with Crippen molar-refractivity contribution in [3.8, 4) is 0 Å². The maximum atomic E-state index is 13.3. The van der Waals surface area contributed by atoms with Gasteiger partial charge in [-0.15, -0.1) is 0 Å². The summed E-state index contributed by atoms with van der Waals surface area (Å²) in [6.45, 7) is 2.32. The van der Waals surface area contributed by atoms with E-state index in [2.05, 4.69) is 21.2 Å². The first-order valence-corrected chi connectivity index (χ1v) is 6.29. The van der Waals surface area contributed by atoms with Crippen LogP contribution in [0.1, 0.15) is 11.1 Å². The molecule has 4 heteroatoms. The molecular weight excluding hydrogens is 300 g/mol. The first kappa shape index (κ1) is 13.0. The molecule has 0 saturated carbocycles. The Morgan fingerprint density at radius 1 is 1.11 bits per heavy atom. The molecule has 0 amide bonds. The maximum absolute atomic E-state index is 13.3. The smallest absolute Gasteiger partial charge is 0.137 e. The van der Waals surface area contributed by atoms with Gasteiger partial charge in [0.05, 0.1) is 4.47 Å². The van der Waals surface area contributed by atoms with Gasteiger partial charge in [-0.1, -0.05) is 6.07 Å². The van der Waals surface area contributed by atoms with E-state index in [0.717, 1.165) is 16.8 Å². The van der Waals surface area contributed by atoms with Gasteiger partial charge in [-0.2, -0.15) is 0 Å². The molecule has 2 aromatic rings. The standard InChI is InChI=1S/C14H12BrF2N/c1-9-6-11(16)3-5-14(9)18-8-10-2-4-12(15)13(17)7-10/h2-7,18H,8H2,1H3. The van der Waals surface area contributed by atoms with Gasteiger partial charge < -0.3 is 5.32 Å². The van der Waals surface area contributed by atoms with Crippen LogP contribution < -0.4 is 5.32 Å². The van der Waals surface area contributed by atoms with Gasteiger partial charge in [-0.25, -0.2) is 8.78 Å². The van der Waals surface area contributed by atoms with Crippen molar-refractivity contribution in [3.05, 3.63) is 63.6 Å². The summed E-state index contributed by atoms with van der Waals surface area (Å²) in [4.78, 5) is 0. The number of aryl methyl sites for hydroxylation is 1. The molecule has 0 fully saturated rings. The van der Waals surface area contributed by atoms with Crippen LogP contribution in [-0.2, 0) is 6.54 Å². The number of halogens is 3. The van der Waals surface area contributed by atoms with Crippen LogP contribution in [0.15, 0.2) is 40.9 Å². The third-order valence-electron chi connectivity index (χ3n) is 2.66. The minimum absolute atomic E-state index is 0.257. The van der Waals surface area contributed by atoms with Gasteiger partial charge in [-0.05, 0) is 64.3 Å². The Morgan fingerprint density at radius 3 is 2.56 bits per heavy atom. The number of benzene rings is 2. The van der Waals surface area contributed by atoms with Gasteiger partial charge in [0.2, 0.25) is 0 Å². The van der Waals surface area contributed by atoms with E-state index in [4.69, 9.17) is 0 Å². The summed E-state index contributed by atoms with van der Waals surface area (Å²) >= 11 is 3.11. The Morgan fingerprint density at radius 2 is 1.89 bits per heavy atom. The molecule has 0 saturated heterocycles. The van der Waals surface area contributed by atoms with Crippen molar-refractivity contribution in [2.75, 3.05) is 5.32 Å². The third kappa shape index (κ3) is 3.07. The zero-order chi connectivity index (χ0) is 13.1. The van der Waals surface area contributed by atoms with Crippen LogP contribution in [0, 0.1) is 18.6 Å². The zero-order valence-electron chi connectivity index (χ0n) is 9.81. The lowest BCUT2D eigenvalue weighted by molar-refractivity contribution is 0.619. The van der Waals surface area contributed by atoms with Crippen LogP contribution in [0.3, 0.4) is 0 Å². The molecule has 1 nitrogen and oxygen atoms in total. The first-order valence-electron chi connectivity index (χ1n) is 5.50. The van der Waals surface area contributed by atoms with Crippen molar-refractivity contribution in [1.29, 1.82) is 0 Å². The van der Waals surface area contributed by atoms with Crippen LogP contribution in [0.5, 0.6) is 0 Å². The Bertz CT molecular complexity index is 570. The molecular formula is C14H12BrF2N. The lowest BCUT2D eigenvalue weighted by atomic mass is 10.1. The van der Waals surface area contributed by atoms with E-state index in [1.165, 1.54) is 18.2 Å². The first-order chi connectivity index (χ1) is 8.56. The highest BCUT2D eigenvalue weighted by Crippen LogP contribution is 2.19. The second kappa shape index (κ2) is 5.48. The summed E-state index contributed by atoms with van der Waals surface area (Å²) < 4.78 is 26.7. The molecule has 0 aromatic heterocycles. The molecule has 18 heavy (non-hydrogen) atoms. The van der Waals surface area contributed by atoms with E-state index in [0.29, 0.717) is 11.0 Å². The lowest BCUT2D eigenvalue weighted by Crippen LogP contribution is -2.01. The minimum atomic E-state index is -0.287. The predicted octanol–water partition coefficient (Wildman–Crippen LogP) is 4.65. The fourth-order valence-corrected chi connectivity index (χ4v) is 1.92. The summed E-state index contributed by atoms with van der Waals surface area (Å²) in [6, 6.07) is 9.51. The van der Waals surface area contributed by atoms with Crippen molar-refractivity contribution in [1.82, 2.24) is 0 Å². The predicted molar refractivity (Wildman–Crippen MR) is 72.6 cm³/mol. The zero-order valence-corrected chi connectivity index (χ0v) is 11.4. The Hall–Kier alpha value is -1.42. The third-order valence-corrected chi connectivity index (χ3v) is 3.30. The molecule has 94 valence electrons. The number of anilines is 1. The summed E-state index contributed by atoms with van der Waals surface area (Å²) in [5.41, 5.74) is 2.51. The highest BCUT2D eigenvalue weighted by molar-refractivity contribution is 9.10. The van der Waals surface area contributed by atoms with Crippen molar-refractivity contribution in [2.24, 2.45) is 0 Å². The van der Waals surface area contributed by atoms with Crippen LogP contribution in [-0.4, -0.2) is 0 Å². The SMILES string of the molecule is Cc1cc(F)ccc1NCc1ccc(Br)c(F)c1. The fraction of sp³-hybridized carbons (Fsp3) is 0.143. The summed E-state index contributed by atoms with van der Waals surface area (Å²) in [7, 11) is 0. The Labute approximate surface area is 113 Å². The van der Waals surface area contributed by atoms with Gasteiger partial charge >= 0.3 is 0 Å². The number of hydrogen-bond donors (Lipinski definition) is 1. The Balaban J connectivity index is 2.09. The number of rotatable bonds is 3. The highest BCUT2D eigenvalue weighted by atomic mass is 79.9. The van der Waals surface area contributed by atoms with Crippen LogP contribution in [0.2, 0.25) is 0 Å². The highest BCUT2D eigenvalue weighted by Gasteiger charge is 2.02. The molecule has 0 bridgehead atoms. The van der Waals surface area contributed by atoms with Crippen molar-refractivity contribution < 1.29 is 8.78 Å². The molecule has 0 aliphatic rings. The van der Waals surface area contributed by atoms with E-state index in [1.54, 1.807) is 12.1 Å².